The fourth-order valence-electron chi connectivity index (χ4n) is 4.36. The number of aromatic nitrogens is 2. The van der Waals surface area contributed by atoms with E-state index in [0.29, 0.717) is 11.8 Å². The maximum absolute atomic E-state index is 11.0. The summed E-state index contributed by atoms with van der Waals surface area (Å²) < 4.78 is 2.06. The van der Waals surface area contributed by atoms with Crippen LogP contribution in [0, 0.1) is 17.8 Å². The van der Waals surface area contributed by atoms with Gasteiger partial charge in [0.05, 0.1) is 24.1 Å². The molecule has 5 rings (SSSR count). The van der Waals surface area contributed by atoms with Crippen LogP contribution >= 0.6 is 0 Å². The average molecular weight is 268 g/mol. The van der Waals surface area contributed by atoms with Crippen LogP contribution in [0.4, 0.5) is 0 Å². The van der Waals surface area contributed by atoms with E-state index in [1.165, 1.54) is 43.2 Å². The summed E-state index contributed by atoms with van der Waals surface area (Å²) in [6.07, 6.45) is 12.0. The molecule has 2 aromatic heterocycles. The van der Waals surface area contributed by atoms with Gasteiger partial charge < -0.3 is 9.51 Å². The predicted molar refractivity (Wildman–Crippen MR) is 76.4 cm³/mol. The number of hydrogen-bond donors (Lipinski definition) is 1. The molecule has 3 unspecified atom stereocenters. The van der Waals surface area contributed by atoms with Crippen molar-refractivity contribution in [2.45, 2.75) is 44.1 Å². The van der Waals surface area contributed by atoms with Gasteiger partial charge in [0.25, 0.3) is 0 Å². The Balaban J connectivity index is 1.61. The topological polar surface area (TPSA) is 37.5 Å². The summed E-state index contributed by atoms with van der Waals surface area (Å²) in [5.74, 6) is 2.99. The highest BCUT2D eigenvalue weighted by molar-refractivity contribution is 5.59. The van der Waals surface area contributed by atoms with Gasteiger partial charge in [-0.3, -0.25) is 0 Å². The first-order valence-corrected chi connectivity index (χ1v) is 7.94. The van der Waals surface area contributed by atoms with Crippen LogP contribution in [0.3, 0.4) is 0 Å². The molecule has 3 nitrogen and oxygen atoms in total. The van der Waals surface area contributed by atoms with Crippen LogP contribution in [-0.2, 0) is 0 Å². The summed E-state index contributed by atoms with van der Waals surface area (Å²) in [5.41, 5.74) is 3.67. The number of pyridine rings is 1. The van der Waals surface area contributed by atoms with E-state index in [1.807, 2.05) is 12.5 Å². The van der Waals surface area contributed by atoms with Gasteiger partial charge in [-0.2, -0.15) is 0 Å². The van der Waals surface area contributed by atoms with E-state index in [1.54, 1.807) is 0 Å². The maximum atomic E-state index is 11.0. The highest BCUT2D eigenvalue weighted by atomic mass is 16.3. The Kier molecular flexibility index (Phi) is 2.18. The number of hydrogen-bond acceptors (Lipinski definition) is 2. The number of rotatable bonds is 3. The van der Waals surface area contributed by atoms with Crippen molar-refractivity contribution >= 4 is 5.52 Å². The van der Waals surface area contributed by atoms with Crippen LogP contribution in [0.1, 0.15) is 55.3 Å². The fraction of sp³-hybridized carbons (Fsp3) is 0.588. The lowest BCUT2D eigenvalue weighted by Crippen LogP contribution is -2.14. The molecule has 2 aromatic rings. The average Bonchev–Trinajstić information content (AvgIpc) is 3.36. The SMILES string of the molecule is OC(c1c(C2CC2)ccn2cncc12)C1CC2CC2C1. The summed E-state index contributed by atoms with van der Waals surface area (Å²) in [7, 11) is 0. The van der Waals surface area contributed by atoms with Crippen LogP contribution in [0.2, 0.25) is 0 Å². The van der Waals surface area contributed by atoms with Crippen LogP contribution in [-0.4, -0.2) is 14.5 Å². The van der Waals surface area contributed by atoms with E-state index in [-0.39, 0.29) is 6.10 Å². The van der Waals surface area contributed by atoms with E-state index in [2.05, 4.69) is 21.6 Å². The van der Waals surface area contributed by atoms with Gasteiger partial charge in [0, 0.05) is 11.8 Å². The molecule has 0 aliphatic heterocycles. The first kappa shape index (κ1) is 11.3. The van der Waals surface area contributed by atoms with E-state index in [4.69, 9.17) is 0 Å². The standard InChI is InChI=1S/C17H20N2O/c20-17(13-6-11-5-12(11)7-13)16-14(10-1-2-10)3-4-19-9-18-8-15(16)19/h3-4,8-13,17,20H,1-2,5-7H2. The number of fused-ring (bicyclic) bond motifs is 2. The van der Waals surface area contributed by atoms with E-state index in [9.17, 15) is 5.11 Å². The third-order valence-corrected chi connectivity index (χ3v) is 5.71. The van der Waals surface area contributed by atoms with Gasteiger partial charge in [0.15, 0.2) is 0 Å². The molecule has 20 heavy (non-hydrogen) atoms. The lowest BCUT2D eigenvalue weighted by molar-refractivity contribution is 0.104. The molecule has 0 radical (unpaired) electrons. The van der Waals surface area contributed by atoms with Crippen LogP contribution < -0.4 is 0 Å². The summed E-state index contributed by atoms with van der Waals surface area (Å²) >= 11 is 0. The third-order valence-electron chi connectivity index (χ3n) is 5.71. The molecule has 3 aliphatic carbocycles. The minimum Gasteiger partial charge on any atom is -0.388 e. The quantitative estimate of drug-likeness (QED) is 0.927. The zero-order valence-corrected chi connectivity index (χ0v) is 11.6. The summed E-state index contributed by atoms with van der Waals surface area (Å²) in [6, 6.07) is 2.21. The number of aliphatic hydroxyl groups excluding tert-OH is 1. The molecule has 0 spiro atoms. The van der Waals surface area contributed by atoms with Crippen molar-refractivity contribution in [2.24, 2.45) is 17.8 Å². The zero-order valence-electron chi connectivity index (χ0n) is 11.6. The molecular weight excluding hydrogens is 248 g/mol. The Hall–Kier alpha value is -1.35. The minimum absolute atomic E-state index is 0.293. The molecule has 0 aromatic carbocycles. The molecule has 1 N–H and O–H groups in total. The lowest BCUT2D eigenvalue weighted by Gasteiger charge is -2.23. The van der Waals surface area contributed by atoms with Crippen LogP contribution in [0.5, 0.6) is 0 Å². The molecule has 0 bridgehead atoms. The minimum atomic E-state index is -0.293. The number of nitrogens with zero attached hydrogens (tertiary/aromatic N) is 2. The van der Waals surface area contributed by atoms with Crippen molar-refractivity contribution < 1.29 is 5.11 Å². The number of imidazole rings is 1. The van der Waals surface area contributed by atoms with E-state index in [0.717, 1.165) is 17.4 Å². The van der Waals surface area contributed by atoms with E-state index >= 15 is 0 Å². The molecule has 0 amide bonds. The summed E-state index contributed by atoms with van der Waals surface area (Å²) in [4.78, 5) is 4.27. The highest BCUT2D eigenvalue weighted by Crippen LogP contribution is 2.58. The molecule has 3 saturated carbocycles. The van der Waals surface area contributed by atoms with Crippen molar-refractivity contribution in [3.63, 3.8) is 0 Å². The van der Waals surface area contributed by atoms with Gasteiger partial charge >= 0.3 is 0 Å². The van der Waals surface area contributed by atoms with Crippen molar-refractivity contribution in [3.8, 4) is 0 Å². The molecule has 104 valence electrons. The molecular formula is C17H20N2O. The smallest absolute Gasteiger partial charge is 0.0992 e. The normalized spacial score (nSPS) is 33.4. The van der Waals surface area contributed by atoms with Crippen molar-refractivity contribution in [2.75, 3.05) is 0 Å². The zero-order chi connectivity index (χ0) is 13.3. The molecule has 2 heterocycles. The second-order valence-corrected chi connectivity index (χ2v) is 7.08. The van der Waals surface area contributed by atoms with Gasteiger partial charge in [-0.15, -0.1) is 0 Å². The Bertz CT molecular complexity index is 663. The molecule has 0 saturated heterocycles. The Morgan fingerprint density at radius 1 is 1.20 bits per heavy atom. The second-order valence-electron chi connectivity index (χ2n) is 7.08. The van der Waals surface area contributed by atoms with Gasteiger partial charge in [-0.05, 0) is 67.4 Å². The number of aliphatic hydroxyl groups is 1. The largest absolute Gasteiger partial charge is 0.388 e. The molecule has 3 aliphatic rings. The lowest BCUT2D eigenvalue weighted by atomic mass is 9.88. The van der Waals surface area contributed by atoms with Gasteiger partial charge in [-0.1, -0.05) is 0 Å². The molecule has 3 heteroatoms. The molecule has 3 fully saturated rings. The molecule has 3 atom stereocenters. The fourth-order valence-corrected chi connectivity index (χ4v) is 4.36. The van der Waals surface area contributed by atoms with Crippen LogP contribution in [0.15, 0.2) is 24.8 Å². The monoisotopic (exact) mass is 268 g/mol. The first-order valence-electron chi connectivity index (χ1n) is 7.94. The Morgan fingerprint density at radius 2 is 2.00 bits per heavy atom. The van der Waals surface area contributed by atoms with Crippen LogP contribution in [0.25, 0.3) is 5.52 Å². The third kappa shape index (κ3) is 1.59. The first-order chi connectivity index (χ1) is 9.81. The van der Waals surface area contributed by atoms with Crippen molar-refractivity contribution in [1.29, 1.82) is 0 Å². The second kappa shape index (κ2) is 3.85. The van der Waals surface area contributed by atoms with Crippen molar-refractivity contribution in [1.82, 2.24) is 9.38 Å². The highest BCUT2D eigenvalue weighted by Gasteiger charge is 2.48. The summed E-state index contributed by atoms with van der Waals surface area (Å²) in [5, 5.41) is 11.0. The summed E-state index contributed by atoms with van der Waals surface area (Å²) in [6.45, 7) is 0. The van der Waals surface area contributed by atoms with Gasteiger partial charge in [0.1, 0.15) is 0 Å². The maximum Gasteiger partial charge on any atom is 0.0992 e. The Labute approximate surface area is 118 Å². The van der Waals surface area contributed by atoms with E-state index < -0.39 is 0 Å². The van der Waals surface area contributed by atoms with Crippen molar-refractivity contribution in [3.05, 3.63) is 35.9 Å². The Morgan fingerprint density at radius 3 is 2.75 bits per heavy atom. The van der Waals surface area contributed by atoms with Gasteiger partial charge in [0.2, 0.25) is 0 Å². The predicted octanol–water partition coefficient (Wildman–Crippen LogP) is 3.29. The van der Waals surface area contributed by atoms with Gasteiger partial charge in [-0.25, -0.2) is 4.98 Å².